The number of hydrogen-bond acceptors (Lipinski definition) is 3. The summed E-state index contributed by atoms with van der Waals surface area (Å²) in [5.41, 5.74) is 1.92. The summed E-state index contributed by atoms with van der Waals surface area (Å²) in [4.78, 5) is 16.1. The molecule has 22 heavy (non-hydrogen) atoms. The first kappa shape index (κ1) is 17.3. The Hall–Kier alpha value is -1.05. The number of anilines is 1. The smallest absolute Gasteiger partial charge is 0.262 e. The maximum Gasteiger partial charge on any atom is 0.262 e. The zero-order valence-corrected chi connectivity index (χ0v) is 15.6. The van der Waals surface area contributed by atoms with Gasteiger partial charge in [0.25, 0.3) is 5.91 Å². The lowest BCUT2D eigenvalue weighted by Crippen LogP contribution is -2.20. The van der Waals surface area contributed by atoms with Crippen LogP contribution in [0.15, 0.2) is 24.3 Å². The van der Waals surface area contributed by atoms with Crippen LogP contribution in [0.3, 0.4) is 0 Å². The number of hydrogen-bond donors (Lipinski definition) is 1. The van der Waals surface area contributed by atoms with E-state index in [1.165, 1.54) is 0 Å². The van der Waals surface area contributed by atoms with Gasteiger partial charge in [-0.1, -0.05) is 23.2 Å². The van der Waals surface area contributed by atoms with Crippen LogP contribution in [0.2, 0.25) is 10.0 Å². The van der Waals surface area contributed by atoms with E-state index in [2.05, 4.69) is 32.9 Å². The molecule has 1 N–H and O–H groups in total. The highest BCUT2D eigenvalue weighted by atomic mass is 127. The Balaban J connectivity index is 2.04. The molecule has 1 aromatic carbocycles. The minimum Gasteiger partial charge on any atom is -0.480 e. The number of nitrogens with zero attached hydrogens (tertiary/aromatic N) is 1. The summed E-state index contributed by atoms with van der Waals surface area (Å²) in [6.07, 6.45) is 0. The topological polar surface area (TPSA) is 51.2 Å². The number of rotatable bonds is 4. The summed E-state index contributed by atoms with van der Waals surface area (Å²) in [5, 5.41) is 3.37. The molecule has 2 rings (SSSR count). The summed E-state index contributed by atoms with van der Waals surface area (Å²) in [5.74, 6) is -0.00782. The molecular weight excluding hydrogens is 438 g/mol. The van der Waals surface area contributed by atoms with Gasteiger partial charge in [0, 0.05) is 9.26 Å². The SMILES string of the molecule is Cc1nc(C)c(Cl)c(OCC(=O)Nc2ccc(I)cc2)c1Cl. The van der Waals surface area contributed by atoms with Crippen molar-refractivity contribution in [3.05, 3.63) is 49.3 Å². The van der Waals surface area contributed by atoms with E-state index < -0.39 is 0 Å². The van der Waals surface area contributed by atoms with Crippen LogP contribution in [0.5, 0.6) is 5.75 Å². The number of aryl methyl sites for hydroxylation is 2. The van der Waals surface area contributed by atoms with Gasteiger partial charge in [-0.3, -0.25) is 9.78 Å². The molecule has 4 nitrogen and oxygen atoms in total. The summed E-state index contributed by atoms with van der Waals surface area (Å²) in [6, 6.07) is 7.45. The van der Waals surface area contributed by atoms with Crippen molar-refractivity contribution in [2.24, 2.45) is 0 Å². The summed E-state index contributed by atoms with van der Waals surface area (Å²) < 4.78 is 6.56. The second-order valence-electron chi connectivity index (χ2n) is 4.58. The van der Waals surface area contributed by atoms with E-state index in [4.69, 9.17) is 27.9 Å². The summed E-state index contributed by atoms with van der Waals surface area (Å²) >= 11 is 14.4. The van der Waals surface area contributed by atoms with Crippen LogP contribution in [0.25, 0.3) is 0 Å². The minimum absolute atomic E-state index is 0.186. The lowest BCUT2D eigenvalue weighted by atomic mass is 10.3. The summed E-state index contributed by atoms with van der Waals surface area (Å²) in [7, 11) is 0. The molecule has 116 valence electrons. The molecule has 0 aliphatic rings. The van der Waals surface area contributed by atoms with Gasteiger partial charge in [0.2, 0.25) is 0 Å². The average molecular weight is 451 g/mol. The second kappa shape index (κ2) is 7.48. The average Bonchev–Trinajstić information content (AvgIpc) is 2.47. The van der Waals surface area contributed by atoms with E-state index in [0.29, 0.717) is 27.1 Å². The van der Waals surface area contributed by atoms with Crippen LogP contribution in [-0.4, -0.2) is 17.5 Å². The first-order chi connectivity index (χ1) is 10.4. The van der Waals surface area contributed by atoms with E-state index >= 15 is 0 Å². The van der Waals surface area contributed by atoms with Crippen LogP contribution in [0.4, 0.5) is 5.69 Å². The number of carbonyl (C=O) groups is 1. The number of nitrogens with one attached hydrogen (secondary N) is 1. The fourth-order valence-electron chi connectivity index (χ4n) is 1.77. The van der Waals surface area contributed by atoms with Crippen LogP contribution in [-0.2, 0) is 4.79 Å². The lowest BCUT2D eigenvalue weighted by Gasteiger charge is -2.13. The maximum atomic E-state index is 11.9. The molecule has 0 atom stereocenters. The summed E-state index contributed by atoms with van der Waals surface area (Å²) in [6.45, 7) is 3.32. The van der Waals surface area contributed by atoms with E-state index in [1.807, 2.05) is 24.3 Å². The van der Waals surface area contributed by atoms with Gasteiger partial charge in [-0.15, -0.1) is 0 Å². The number of pyridine rings is 1. The number of halogens is 3. The van der Waals surface area contributed by atoms with Crippen LogP contribution >= 0.6 is 45.8 Å². The van der Waals surface area contributed by atoms with Crippen molar-refractivity contribution in [2.45, 2.75) is 13.8 Å². The Morgan fingerprint density at radius 3 is 2.27 bits per heavy atom. The maximum absolute atomic E-state index is 11.9. The third-order valence-electron chi connectivity index (χ3n) is 2.84. The predicted molar refractivity (Wildman–Crippen MR) is 97.0 cm³/mol. The second-order valence-corrected chi connectivity index (χ2v) is 6.59. The number of amides is 1. The standard InChI is InChI=1S/C15H13Cl2IN2O2/c1-8-13(16)15(14(17)9(2)19-8)22-7-12(21)20-11-5-3-10(18)4-6-11/h3-6H,7H2,1-2H3,(H,20,21). The molecule has 2 aromatic rings. The Kier molecular flexibility index (Phi) is 5.88. The van der Waals surface area contributed by atoms with E-state index in [9.17, 15) is 4.79 Å². The third-order valence-corrected chi connectivity index (χ3v) is 4.45. The van der Waals surface area contributed by atoms with Gasteiger partial charge >= 0.3 is 0 Å². The highest BCUT2D eigenvalue weighted by Crippen LogP contribution is 2.36. The van der Waals surface area contributed by atoms with Crippen molar-refractivity contribution in [1.82, 2.24) is 4.98 Å². The number of benzene rings is 1. The number of aromatic nitrogens is 1. The first-order valence-corrected chi connectivity index (χ1v) is 8.22. The largest absolute Gasteiger partial charge is 0.480 e. The molecule has 0 bridgehead atoms. The first-order valence-electron chi connectivity index (χ1n) is 6.39. The Morgan fingerprint density at radius 2 is 1.73 bits per heavy atom. The Bertz CT molecular complexity index is 679. The monoisotopic (exact) mass is 450 g/mol. The highest BCUT2D eigenvalue weighted by molar-refractivity contribution is 14.1. The van der Waals surface area contributed by atoms with Gasteiger partial charge in [0.15, 0.2) is 12.4 Å². The van der Waals surface area contributed by atoms with Gasteiger partial charge in [-0.25, -0.2) is 0 Å². The Labute approximate surface area is 152 Å². The fourth-order valence-corrected chi connectivity index (χ4v) is 2.56. The molecule has 0 unspecified atom stereocenters. The molecule has 0 radical (unpaired) electrons. The lowest BCUT2D eigenvalue weighted by molar-refractivity contribution is -0.118. The van der Waals surface area contributed by atoms with Crippen LogP contribution < -0.4 is 10.1 Å². The van der Waals surface area contributed by atoms with Crippen molar-refractivity contribution >= 4 is 57.4 Å². The zero-order valence-electron chi connectivity index (χ0n) is 11.9. The predicted octanol–water partition coefficient (Wildman–Crippen LogP) is 4.63. The number of carbonyl (C=O) groups excluding carboxylic acids is 1. The molecule has 0 saturated carbocycles. The van der Waals surface area contributed by atoms with Gasteiger partial charge in [-0.05, 0) is 60.7 Å². The van der Waals surface area contributed by atoms with Crippen molar-refractivity contribution in [2.75, 3.05) is 11.9 Å². The molecule has 7 heteroatoms. The van der Waals surface area contributed by atoms with Crippen molar-refractivity contribution in [3.63, 3.8) is 0 Å². The molecule has 0 saturated heterocycles. The van der Waals surface area contributed by atoms with Gasteiger partial charge in [0.1, 0.15) is 10.0 Å². The van der Waals surface area contributed by atoms with Crippen molar-refractivity contribution < 1.29 is 9.53 Å². The van der Waals surface area contributed by atoms with Crippen molar-refractivity contribution in [1.29, 1.82) is 0 Å². The zero-order chi connectivity index (χ0) is 16.3. The highest BCUT2D eigenvalue weighted by Gasteiger charge is 2.15. The molecule has 1 amide bonds. The number of ether oxygens (including phenoxy) is 1. The fraction of sp³-hybridized carbons (Fsp3) is 0.200. The van der Waals surface area contributed by atoms with Gasteiger partial charge < -0.3 is 10.1 Å². The Morgan fingerprint density at radius 1 is 1.18 bits per heavy atom. The quantitative estimate of drug-likeness (QED) is 0.691. The van der Waals surface area contributed by atoms with Gasteiger partial charge in [-0.2, -0.15) is 0 Å². The van der Waals surface area contributed by atoms with E-state index in [-0.39, 0.29) is 18.3 Å². The molecule has 0 aliphatic heterocycles. The third kappa shape index (κ3) is 4.24. The van der Waals surface area contributed by atoms with Crippen LogP contribution in [0, 0.1) is 17.4 Å². The van der Waals surface area contributed by atoms with Crippen molar-refractivity contribution in [3.8, 4) is 5.75 Å². The van der Waals surface area contributed by atoms with Crippen LogP contribution in [0.1, 0.15) is 11.4 Å². The molecular formula is C15H13Cl2IN2O2. The molecule has 0 aliphatic carbocycles. The molecule has 0 fully saturated rings. The molecule has 0 spiro atoms. The minimum atomic E-state index is -0.291. The van der Waals surface area contributed by atoms with Gasteiger partial charge in [0.05, 0.1) is 11.4 Å². The van der Waals surface area contributed by atoms with E-state index in [0.717, 1.165) is 3.57 Å². The molecule has 1 heterocycles. The van der Waals surface area contributed by atoms with E-state index in [1.54, 1.807) is 13.8 Å². The normalized spacial score (nSPS) is 10.4. The molecule has 1 aromatic heterocycles.